The molecule has 40 heavy (non-hydrogen) atoms. The molecule has 0 spiro atoms. The summed E-state index contributed by atoms with van der Waals surface area (Å²) in [5.41, 5.74) is 2.50. The largest absolute Gasteiger partial charge is 0.396 e. The lowest BCUT2D eigenvalue weighted by atomic mass is 9.92. The van der Waals surface area contributed by atoms with Gasteiger partial charge in [0.2, 0.25) is 0 Å². The van der Waals surface area contributed by atoms with E-state index in [1.807, 2.05) is 37.2 Å². The predicted octanol–water partition coefficient (Wildman–Crippen LogP) is 3.58. The number of amides is 1. The van der Waals surface area contributed by atoms with Crippen LogP contribution in [0.4, 0.5) is 4.39 Å². The van der Waals surface area contributed by atoms with Crippen molar-refractivity contribution in [1.29, 1.82) is 0 Å². The molecule has 1 unspecified atom stereocenters. The Morgan fingerprint density at radius 3 is 2.50 bits per heavy atom. The van der Waals surface area contributed by atoms with Gasteiger partial charge in [0.05, 0.1) is 0 Å². The summed E-state index contributed by atoms with van der Waals surface area (Å²) in [5.74, 6) is 5.30. The number of hydrogen-bond acceptors (Lipinski definition) is 6. The van der Waals surface area contributed by atoms with Crippen LogP contribution in [0.25, 0.3) is 21.9 Å². The maximum Gasteiger partial charge on any atom is 0.258 e. The Kier molecular flexibility index (Phi) is 7.85. The van der Waals surface area contributed by atoms with Crippen LogP contribution in [0.5, 0.6) is 0 Å². The quantitative estimate of drug-likeness (QED) is 0.371. The summed E-state index contributed by atoms with van der Waals surface area (Å²) in [6.07, 6.45) is 3.82. The molecule has 1 aliphatic heterocycles. The van der Waals surface area contributed by atoms with Crippen molar-refractivity contribution in [3.05, 3.63) is 69.4 Å². The number of carbonyl (C=O) groups excluding carboxylic acids is 1. The first kappa shape index (κ1) is 28.4. The van der Waals surface area contributed by atoms with Crippen LogP contribution in [0, 0.1) is 18.2 Å². The number of piperazine rings is 1. The Hall–Kier alpha value is -3.11. The number of hydrogen-bond donors (Lipinski definition) is 3. The maximum absolute atomic E-state index is 15.1. The summed E-state index contributed by atoms with van der Waals surface area (Å²) >= 11 is 0. The fraction of sp³-hybridized carbons (Fsp3) is 0.484. The molecule has 1 aromatic heterocycles. The standard InChI is InChI=1S/C31H40FN5O3/c1-19-25(14-22(15-28(19)32)29(39)34-23-6-7-23)21-5-8-24-26(13-21)27(20(2)35-9-11-37(33)12-10-35)16-36(30(24)40)17-31(3,4)18-38/h5,8,13-16,20,23,38H,6-7,9-12,17-18,33H2,1-4H3,(H,34,39). The number of nitrogens with two attached hydrogens (primary N) is 1. The minimum atomic E-state index is -0.473. The highest BCUT2D eigenvalue weighted by molar-refractivity contribution is 5.97. The van der Waals surface area contributed by atoms with Crippen molar-refractivity contribution in [3.8, 4) is 11.1 Å². The number of carbonyl (C=O) groups is 1. The van der Waals surface area contributed by atoms with Gasteiger partial charge in [-0.3, -0.25) is 20.3 Å². The molecule has 0 bridgehead atoms. The van der Waals surface area contributed by atoms with Crippen molar-refractivity contribution < 1.29 is 14.3 Å². The number of rotatable bonds is 8. The molecule has 3 aromatic rings. The topological polar surface area (TPSA) is 104 Å². The smallest absolute Gasteiger partial charge is 0.258 e. The summed E-state index contributed by atoms with van der Waals surface area (Å²) in [7, 11) is 0. The van der Waals surface area contributed by atoms with Gasteiger partial charge in [0.15, 0.2) is 0 Å². The molecule has 2 aliphatic rings. The number of pyridine rings is 1. The lowest BCUT2D eigenvalue weighted by Gasteiger charge is -2.37. The Bertz CT molecular complexity index is 1490. The van der Waals surface area contributed by atoms with E-state index >= 15 is 4.39 Å². The van der Waals surface area contributed by atoms with Crippen LogP contribution < -0.4 is 16.7 Å². The van der Waals surface area contributed by atoms with E-state index in [0.29, 0.717) is 28.6 Å². The minimum absolute atomic E-state index is 0.0102. The molecule has 2 fully saturated rings. The normalized spacial score (nSPS) is 17.8. The highest BCUT2D eigenvalue weighted by Crippen LogP contribution is 2.34. The number of halogens is 1. The Morgan fingerprint density at radius 2 is 1.85 bits per heavy atom. The molecule has 1 amide bonds. The van der Waals surface area contributed by atoms with E-state index in [1.165, 1.54) is 6.07 Å². The number of fused-ring (bicyclic) bond motifs is 1. The molecule has 2 heterocycles. The molecule has 1 saturated heterocycles. The number of nitrogens with zero attached hydrogens (tertiary/aromatic N) is 3. The highest BCUT2D eigenvalue weighted by atomic mass is 19.1. The van der Waals surface area contributed by atoms with E-state index in [9.17, 15) is 14.7 Å². The van der Waals surface area contributed by atoms with Gasteiger partial charge in [0.1, 0.15) is 5.82 Å². The molecule has 0 radical (unpaired) electrons. The van der Waals surface area contributed by atoms with E-state index < -0.39 is 11.2 Å². The lowest BCUT2D eigenvalue weighted by molar-refractivity contribution is 0.0950. The summed E-state index contributed by atoms with van der Waals surface area (Å²) < 4.78 is 16.8. The van der Waals surface area contributed by atoms with Gasteiger partial charge in [0, 0.05) is 74.0 Å². The van der Waals surface area contributed by atoms with Crippen LogP contribution in [0.15, 0.2) is 41.3 Å². The van der Waals surface area contributed by atoms with Gasteiger partial charge < -0.3 is 15.0 Å². The third-order valence-electron chi connectivity index (χ3n) is 8.32. The third-order valence-corrected chi connectivity index (χ3v) is 8.32. The first-order valence-electron chi connectivity index (χ1n) is 14.1. The number of benzene rings is 2. The molecule has 4 N–H and O–H groups in total. The number of nitrogens with one attached hydrogen (secondary N) is 1. The average Bonchev–Trinajstić information content (AvgIpc) is 3.75. The van der Waals surface area contributed by atoms with Crippen molar-refractivity contribution in [2.45, 2.75) is 59.2 Å². The zero-order valence-electron chi connectivity index (χ0n) is 23.8. The molecule has 8 nitrogen and oxygen atoms in total. The SMILES string of the molecule is Cc1c(F)cc(C(=O)NC2CC2)cc1-c1ccc2c(=O)n(CC(C)(C)CO)cc(C(C)N3CCN(N)CC3)c2c1. The van der Waals surface area contributed by atoms with Gasteiger partial charge in [0.25, 0.3) is 11.5 Å². The first-order valence-corrected chi connectivity index (χ1v) is 14.1. The van der Waals surface area contributed by atoms with Gasteiger partial charge in [-0.25, -0.2) is 9.40 Å². The summed E-state index contributed by atoms with van der Waals surface area (Å²) in [4.78, 5) is 28.8. The molecule has 214 valence electrons. The molecule has 9 heteroatoms. The zero-order chi connectivity index (χ0) is 28.8. The molecule has 1 aliphatic carbocycles. The molecule has 1 saturated carbocycles. The van der Waals surface area contributed by atoms with Crippen molar-refractivity contribution in [3.63, 3.8) is 0 Å². The molecule has 5 rings (SSSR count). The molecule has 1 atom stereocenters. The second kappa shape index (κ2) is 11.0. The number of aromatic nitrogens is 1. The van der Waals surface area contributed by atoms with Crippen LogP contribution in [-0.4, -0.2) is 64.3 Å². The van der Waals surface area contributed by atoms with Crippen LogP contribution in [0.1, 0.15) is 61.1 Å². The van der Waals surface area contributed by atoms with Crippen molar-refractivity contribution >= 4 is 16.7 Å². The summed E-state index contributed by atoms with van der Waals surface area (Å²) in [6.45, 7) is 11.1. The van der Waals surface area contributed by atoms with Gasteiger partial charge in [-0.2, -0.15) is 0 Å². The predicted molar refractivity (Wildman–Crippen MR) is 155 cm³/mol. The Labute approximate surface area is 234 Å². The van der Waals surface area contributed by atoms with Crippen molar-refractivity contribution in [1.82, 2.24) is 19.8 Å². The second-order valence-electron chi connectivity index (χ2n) is 12.2. The van der Waals surface area contributed by atoms with E-state index in [4.69, 9.17) is 5.84 Å². The van der Waals surface area contributed by atoms with E-state index in [2.05, 4.69) is 17.1 Å². The maximum atomic E-state index is 15.1. The van der Waals surface area contributed by atoms with E-state index in [1.54, 1.807) is 23.6 Å². The van der Waals surface area contributed by atoms with E-state index in [-0.39, 0.29) is 30.2 Å². The average molecular weight is 550 g/mol. The summed E-state index contributed by atoms with van der Waals surface area (Å²) in [5, 5.41) is 16.0. The van der Waals surface area contributed by atoms with Crippen LogP contribution in [0.2, 0.25) is 0 Å². The molecule has 2 aromatic carbocycles. The van der Waals surface area contributed by atoms with Crippen LogP contribution in [-0.2, 0) is 6.54 Å². The van der Waals surface area contributed by atoms with Gasteiger partial charge in [-0.15, -0.1) is 0 Å². The van der Waals surface area contributed by atoms with E-state index in [0.717, 1.165) is 55.5 Å². The Balaban J connectivity index is 1.64. The highest BCUT2D eigenvalue weighted by Gasteiger charge is 2.27. The van der Waals surface area contributed by atoms with Gasteiger partial charge in [-0.05, 0) is 78.6 Å². The van der Waals surface area contributed by atoms with Gasteiger partial charge in [-0.1, -0.05) is 19.9 Å². The third kappa shape index (κ3) is 5.83. The second-order valence-corrected chi connectivity index (χ2v) is 12.2. The fourth-order valence-corrected chi connectivity index (χ4v) is 5.48. The number of aliphatic hydroxyl groups is 1. The van der Waals surface area contributed by atoms with Crippen LogP contribution in [0.3, 0.4) is 0 Å². The van der Waals surface area contributed by atoms with Gasteiger partial charge >= 0.3 is 0 Å². The van der Waals surface area contributed by atoms with Crippen molar-refractivity contribution in [2.24, 2.45) is 11.3 Å². The Morgan fingerprint density at radius 1 is 1.15 bits per heavy atom. The number of aliphatic hydroxyl groups excluding tert-OH is 1. The first-order chi connectivity index (χ1) is 19.0. The monoisotopic (exact) mass is 549 g/mol. The molecular weight excluding hydrogens is 509 g/mol. The summed E-state index contributed by atoms with van der Waals surface area (Å²) in [6, 6.07) is 8.78. The zero-order valence-corrected chi connectivity index (χ0v) is 23.8. The lowest BCUT2D eigenvalue weighted by Crippen LogP contribution is -2.50. The van der Waals surface area contributed by atoms with Crippen LogP contribution >= 0.6 is 0 Å². The van der Waals surface area contributed by atoms with Crippen molar-refractivity contribution in [2.75, 3.05) is 32.8 Å². The fourth-order valence-electron chi connectivity index (χ4n) is 5.48. The minimum Gasteiger partial charge on any atom is -0.396 e. The number of hydrazine groups is 1. The molecular formula is C31H40FN5O3.